The number of non-ortho nitro benzene ring substituents is 2. The van der Waals surface area contributed by atoms with E-state index in [9.17, 15) is 46.2 Å². The van der Waals surface area contributed by atoms with Gasteiger partial charge in [-0.15, -0.1) is 0 Å². The molecule has 0 unspecified atom stereocenters. The number of nitro groups is 2. The summed E-state index contributed by atoms with van der Waals surface area (Å²) in [6.45, 7) is 0. The predicted octanol–water partition coefficient (Wildman–Crippen LogP) is 0.711. The SMILES string of the molecule is O=[N+]([O-])c1ccc(C#Cc2ccc([N+](=O)[O-])cc2S(=O)(=O)[O-])c(S(=O)(=O)[O-])c1. The van der Waals surface area contributed by atoms with Crippen molar-refractivity contribution in [2.45, 2.75) is 9.79 Å². The number of benzene rings is 2. The molecular weight excluding hydrogens is 420 g/mol. The number of rotatable bonds is 4. The Morgan fingerprint density at radius 2 is 1.00 bits per heavy atom. The zero-order valence-corrected chi connectivity index (χ0v) is 14.9. The van der Waals surface area contributed by atoms with E-state index in [4.69, 9.17) is 0 Å². The van der Waals surface area contributed by atoms with Crippen LogP contribution in [0.4, 0.5) is 11.4 Å². The molecule has 0 spiro atoms. The lowest BCUT2D eigenvalue weighted by Crippen LogP contribution is -2.04. The van der Waals surface area contributed by atoms with Gasteiger partial charge in [-0.1, -0.05) is 11.8 Å². The monoisotopic (exact) mass is 426 g/mol. The molecule has 0 atom stereocenters. The molecule has 0 heterocycles. The number of nitro benzene ring substituents is 2. The van der Waals surface area contributed by atoms with E-state index in [0.29, 0.717) is 12.1 Å². The molecule has 0 N–H and O–H groups in total. The highest BCUT2D eigenvalue weighted by Crippen LogP contribution is 2.24. The maximum Gasteiger partial charge on any atom is 0.270 e. The summed E-state index contributed by atoms with van der Waals surface area (Å²) in [6, 6.07) is 4.39. The van der Waals surface area contributed by atoms with Gasteiger partial charge in [0.1, 0.15) is 20.2 Å². The van der Waals surface area contributed by atoms with Crippen LogP contribution in [0.25, 0.3) is 0 Å². The van der Waals surface area contributed by atoms with E-state index in [-0.39, 0.29) is 0 Å². The van der Waals surface area contributed by atoms with Gasteiger partial charge in [0.25, 0.3) is 11.4 Å². The highest BCUT2D eigenvalue weighted by molar-refractivity contribution is 7.86. The molecule has 0 radical (unpaired) electrons. The fraction of sp³-hybridized carbons (Fsp3) is 0. The summed E-state index contributed by atoms with van der Waals surface area (Å²) >= 11 is 0. The molecule has 28 heavy (non-hydrogen) atoms. The Hall–Kier alpha value is -3.38. The third-order valence-electron chi connectivity index (χ3n) is 3.22. The Bertz CT molecular complexity index is 1170. The summed E-state index contributed by atoms with van der Waals surface area (Å²) in [4.78, 5) is 17.5. The van der Waals surface area contributed by atoms with E-state index >= 15 is 0 Å². The van der Waals surface area contributed by atoms with Crippen molar-refractivity contribution in [1.29, 1.82) is 0 Å². The van der Waals surface area contributed by atoms with E-state index in [1.165, 1.54) is 0 Å². The Morgan fingerprint density at radius 1 is 0.679 bits per heavy atom. The molecule has 14 heteroatoms. The van der Waals surface area contributed by atoms with Gasteiger partial charge in [-0.2, -0.15) is 0 Å². The topological polar surface area (TPSA) is 201 Å². The first-order valence-corrected chi connectivity index (χ1v) is 9.63. The van der Waals surface area contributed by atoms with Crippen LogP contribution in [0.2, 0.25) is 0 Å². The second-order valence-corrected chi connectivity index (χ2v) is 7.73. The third-order valence-corrected chi connectivity index (χ3v) is 4.98. The molecule has 2 rings (SSSR count). The second-order valence-electron chi connectivity index (χ2n) is 5.03. The Labute approximate surface area is 157 Å². The molecule has 0 bridgehead atoms. The van der Waals surface area contributed by atoms with Gasteiger partial charge in [0, 0.05) is 35.4 Å². The molecule has 146 valence electrons. The third kappa shape index (κ3) is 4.66. The minimum Gasteiger partial charge on any atom is -0.744 e. The standard InChI is InChI=1S/C14H8N2O10S2/c17-15(18)11-5-3-9(13(7-11)27(21,22)23)1-2-10-4-6-12(16(19)20)8-14(10)28(24,25)26/h3-8H,(H,21,22,23)(H,24,25,26)/p-2. The van der Waals surface area contributed by atoms with Crippen LogP contribution in [0.1, 0.15) is 11.1 Å². The van der Waals surface area contributed by atoms with Crippen LogP contribution >= 0.6 is 0 Å². The van der Waals surface area contributed by atoms with Gasteiger partial charge in [-0.3, -0.25) is 20.2 Å². The van der Waals surface area contributed by atoms with E-state index in [1.54, 1.807) is 0 Å². The molecule has 0 fully saturated rings. The summed E-state index contributed by atoms with van der Waals surface area (Å²) < 4.78 is 67.9. The largest absolute Gasteiger partial charge is 0.744 e. The van der Waals surface area contributed by atoms with Crippen LogP contribution in [0.5, 0.6) is 0 Å². The lowest BCUT2D eigenvalue weighted by atomic mass is 10.1. The maximum atomic E-state index is 11.3. The van der Waals surface area contributed by atoms with Gasteiger partial charge >= 0.3 is 0 Å². The van der Waals surface area contributed by atoms with Crippen molar-refractivity contribution in [3.63, 3.8) is 0 Å². The molecule has 12 nitrogen and oxygen atoms in total. The van der Waals surface area contributed by atoms with Crippen LogP contribution in [0.15, 0.2) is 46.2 Å². The average molecular weight is 426 g/mol. The molecule has 0 amide bonds. The van der Waals surface area contributed by atoms with Crippen molar-refractivity contribution >= 4 is 31.6 Å². The van der Waals surface area contributed by atoms with Crippen molar-refractivity contribution < 1.29 is 35.8 Å². The van der Waals surface area contributed by atoms with Crippen molar-refractivity contribution in [2.24, 2.45) is 0 Å². The van der Waals surface area contributed by atoms with Crippen LogP contribution in [0.3, 0.4) is 0 Å². The molecule has 2 aromatic rings. The van der Waals surface area contributed by atoms with Gasteiger partial charge in [0.05, 0.1) is 19.6 Å². The first-order valence-electron chi connectivity index (χ1n) is 6.81. The summed E-state index contributed by atoms with van der Waals surface area (Å²) in [6.07, 6.45) is 0. The Kier molecular flexibility index (Phi) is 5.47. The highest BCUT2D eigenvalue weighted by atomic mass is 32.2. The first kappa shape index (κ1) is 20.9. The quantitative estimate of drug-likeness (QED) is 0.290. The van der Waals surface area contributed by atoms with Gasteiger partial charge in [0.15, 0.2) is 0 Å². The summed E-state index contributed by atoms with van der Waals surface area (Å²) in [7, 11) is -10.4. The number of hydrogen-bond acceptors (Lipinski definition) is 10. The fourth-order valence-corrected chi connectivity index (χ4v) is 3.31. The van der Waals surface area contributed by atoms with Gasteiger partial charge in [0.2, 0.25) is 0 Å². The van der Waals surface area contributed by atoms with Gasteiger partial charge in [-0.25, -0.2) is 16.8 Å². The molecule has 0 aliphatic heterocycles. The van der Waals surface area contributed by atoms with E-state index in [0.717, 1.165) is 24.3 Å². The summed E-state index contributed by atoms with van der Waals surface area (Å²) in [5.41, 5.74) is -2.38. The second kappa shape index (κ2) is 7.32. The van der Waals surface area contributed by atoms with E-state index < -0.39 is 62.4 Å². The molecule has 0 saturated carbocycles. The minimum absolute atomic E-state index is 0.480. The van der Waals surface area contributed by atoms with Gasteiger partial charge in [-0.05, 0) is 12.1 Å². The predicted molar refractivity (Wildman–Crippen MR) is 88.1 cm³/mol. The van der Waals surface area contributed by atoms with Crippen molar-refractivity contribution in [2.75, 3.05) is 0 Å². The number of hydrogen-bond donors (Lipinski definition) is 0. The maximum absolute atomic E-state index is 11.3. The Balaban J connectivity index is 2.70. The van der Waals surface area contributed by atoms with E-state index in [1.807, 2.05) is 0 Å². The van der Waals surface area contributed by atoms with Crippen LogP contribution < -0.4 is 0 Å². The van der Waals surface area contributed by atoms with Crippen LogP contribution in [-0.4, -0.2) is 35.8 Å². The fourth-order valence-electron chi connectivity index (χ4n) is 2.00. The molecule has 0 aliphatic carbocycles. The minimum atomic E-state index is -5.18. The zero-order chi connectivity index (χ0) is 21.3. The van der Waals surface area contributed by atoms with Crippen molar-refractivity contribution in [1.82, 2.24) is 0 Å². The molecule has 0 saturated heterocycles. The molecule has 0 aromatic heterocycles. The van der Waals surface area contributed by atoms with Gasteiger partial charge < -0.3 is 9.11 Å². The van der Waals surface area contributed by atoms with Crippen molar-refractivity contribution in [3.8, 4) is 11.8 Å². The highest BCUT2D eigenvalue weighted by Gasteiger charge is 2.16. The molecule has 0 aliphatic rings. The average Bonchev–Trinajstić information content (AvgIpc) is 2.57. The normalized spacial score (nSPS) is 11.4. The number of nitrogens with zero attached hydrogens (tertiary/aromatic N) is 2. The lowest BCUT2D eigenvalue weighted by Gasteiger charge is -2.10. The Morgan fingerprint density at radius 3 is 1.25 bits per heavy atom. The zero-order valence-electron chi connectivity index (χ0n) is 13.3. The first-order chi connectivity index (χ1) is 12.8. The van der Waals surface area contributed by atoms with Crippen LogP contribution in [-0.2, 0) is 20.2 Å². The molecule has 2 aromatic carbocycles. The smallest absolute Gasteiger partial charge is 0.270 e. The van der Waals surface area contributed by atoms with E-state index in [2.05, 4.69) is 11.8 Å². The van der Waals surface area contributed by atoms with Crippen LogP contribution in [0, 0.1) is 32.1 Å². The summed E-state index contributed by atoms with van der Waals surface area (Å²) in [5.74, 6) is 4.28. The lowest BCUT2D eigenvalue weighted by molar-refractivity contribution is -0.385. The summed E-state index contributed by atoms with van der Waals surface area (Å²) in [5, 5.41) is 21.5. The molecular formula is C14H6N2O10S2-2. The van der Waals surface area contributed by atoms with Crippen molar-refractivity contribution in [3.05, 3.63) is 67.8 Å².